The van der Waals surface area contributed by atoms with Gasteiger partial charge in [0, 0.05) is 38.1 Å². The third-order valence-electron chi connectivity index (χ3n) is 3.37. The van der Waals surface area contributed by atoms with Crippen molar-refractivity contribution in [3.8, 4) is 0 Å². The van der Waals surface area contributed by atoms with Gasteiger partial charge in [-0.3, -0.25) is 0 Å². The fraction of sp³-hybridized carbons (Fsp3) is 0.267. The summed E-state index contributed by atoms with van der Waals surface area (Å²) in [6, 6.07) is 12.4. The zero-order valence-corrected chi connectivity index (χ0v) is 11.4. The molecule has 1 aliphatic rings. The topological polar surface area (TPSA) is 28.2 Å². The molecule has 1 aliphatic heterocycles. The van der Waals surface area contributed by atoms with E-state index in [9.17, 15) is 0 Å². The van der Waals surface area contributed by atoms with E-state index in [2.05, 4.69) is 39.5 Å². The Morgan fingerprint density at radius 3 is 2.95 bits per heavy atom. The summed E-state index contributed by atoms with van der Waals surface area (Å²) in [6.45, 7) is 3.80. The van der Waals surface area contributed by atoms with Crippen LogP contribution in [0.1, 0.15) is 11.1 Å². The molecule has 0 spiro atoms. The van der Waals surface area contributed by atoms with Crippen LogP contribution in [0.4, 0.5) is 5.69 Å². The smallest absolute Gasteiger partial charge is 0.129 e. The van der Waals surface area contributed by atoms with Gasteiger partial charge in [0.05, 0.1) is 0 Å². The van der Waals surface area contributed by atoms with Crippen LogP contribution >= 0.6 is 11.6 Å². The molecule has 2 heterocycles. The molecule has 0 radical (unpaired) electrons. The van der Waals surface area contributed by atoms with Crippen molar-refractivity contribution in [1.82, 2.24) is 10.3 Å². The lowest BCUT2D eigenvalue weighted by atomic mass is 10.1. The number of hydrogen-bond acceptors (Lipinski definition) is 3. The molecule has 3 rings (SSSR count). The zero-order chi connectivity index (χ0) is 13.1. The first-order valence-corrected chi connectivity index (χ1v) is 6.85. The Hall–Kier alpha value is -1.58. The van der Waals surface area contributed by atoms with Crippen LogP contribution in [0.3, 0.4) is 0 Å². The zero-order valence-electron chi connectivity index (χ0n) is 10.6. The second kappa shape index (κ2) is 5.59. The largest absolute Gasteiger partial charge is 0.366 e. The van der Waals surface area contributed by atoms with Gasteiger partial charge in [0.1, 0.15) is 5.15 Å². The van der Waals surface area contributed by atoms with E-state index in [4.69, 9.17) is 11.6 Å². The molecular weight excluding hydrogens is 258 g/mol. The van der Waals surface area contributed by atoms with Gasteiger partial charge in [0.2, 0.25) is 0 Å². The Morgan fingerprint density at radius 1 is 1.21 bits per heavy atom. The van der Waals surface area contributed by atoms with Gasteiger partial charge >= 0.3 is 0 Å². The number of pyridine rings is 1. The molecule has 4 heteroatoms. The molecule has 1 N–H and O–H groups in total. The molecule has 19 heavy (non-hydrogen) atoms. The van der Waals surface area contributed by atoms with Crippen LogP contribution in [-0.4, -0.2) is 18.1 Å². The van der Waals surface area contributed by atoms with Crippen molar-refractivity contribution >= 4 is 17.3 Å². The van der Waals surface area contributed by atoms with Gasteiger partial charge in [-0.05, 0) is 23.3 Å². The highest BCUT2D eigenvalue weighted by Crippen LogP contribution is 2.23. The summed E-state index contributed by atoms with van der Waals surface area (Å²) in [4.78, 5) is 6.54. The van der Waals surface area contributed by atoms with Gasteiger partial charge in [-0.1, -0.05) is 35.9 Å². The van der Waals surface area contributed by atoms with Crippen molar-refractivity contribution in [1.29, 1.82) is 0 Å². The molecule has 0 saturated heterocycles. The molecule has 98 valence electrons. The monoisotopic (exact) mass is 273 g/mol. The maximum atomic E-state index is 5.83. The quantitative estimate of drug-likeness (QED) is 0.853. The second-order valence-corrected chi connectivity index (χ2v) is 5.10. The van der Waals surface area contributed by atoms with Crippen molar-refractivity contribution in [2.75, 3.05) is 18.0 Å². The number of benzene rings is 1. The molecular formula is C15H16ClN3. The van der Waals surface area contributed by atoms with E-state index >= 15 is 0 Å². The first kappa shape index (κ1) is 12.5. The number of aromatic nitrogens is 1. The highest BCUT2D eigenvalue weighted by atomic mass is 35.5. The second-order valence-electron chi connectivity index (χ2n) is 4.72. The highest BCUT2D eigenvalue weighted by molar-refractivity contribution is 6.29. The third-order valence-corrected chi connectivity index (χ3v) is 3.59. The molecule has 0 fully saturated rings. The molecule has 3 nitrogen and oxygen atoms in total. The molecule has 1 aromatic carbocycles. The van der Waals surface area contributed by atoms with E-state index in [1.807, 2.05) is 18.3 Å². The van der Waals surface area contributed by atoms with Crippen LogP contribution in [0.15, 0.2) is 42.6 Å². The fourth-order valence-corrected chi connectivity index (χ4v) is 2.52. The molecule has 0 saturated carbocycles. The van der Waals surface area contributed by atoms with E-state index in [0.29, 0.717) is 5.15 Å². The number of nitrogens with one attached hydrogen (secondary N) is 1. The SMILES string of the molecule is Clc1ccc(CN2CCNCc3ccccc32)cn1. The van der Waals surface area contributed by atoms with Crippen LogP contribution in [0.5, 0.6) is 0 Å². The lowest BCUT2D eigenvalue weighted by molar-refractivity contribution is 0.688. The third kappa shape index (κ3) is 2.88. The lowest BCUT2D eigenvalue weighted by Gasteiger charge is -2.24. The number of hydrogen-bond donors (Lipinski definition) is 1. The Kier molecular flexibility index (Phi) is 3.67. The average molecular weight is 274 g/mol. The summed E-state index contributed by atoms with van der Waals surface area (Å²) in [6.07, 6.45) is 1.85. The molecule has 1 aromatic heterocycles. The Bertz CT molecular complexity index is 554. The van der Waals surface area contributed by atoms with Gasteiger partial charge < -0.3 is 10.2 Å². The number of halogens is 1. The molecule has 0 unspecified atom stereocenters. The van der Waals surface area contributed by atoms with E-state index in [-0.39, 0.29) is 0 Å². The van der Waals surface area contributed by atoms with E-state index in [0.717, 1.165) is 26.2 Å². The first-order valence-electron chi connectivity index (χ1n) is 6.47. The maximum absolute atomic E-state index is 5.83. The molecule has 2 aromatic rings. The minimum absolute atomic E-state index is 0.543. The first-order chi connectivity index (χ1) is 9.33. The normalized spacial score (nSPS) is 14.9. The fourth-order valence-electron chi connectivity index (χ4n) is 2.41. The Morgan fingerprint density at radius 2 is 2.11 bits per heavy atom. The number of para-hydroxylation sites is 1. The summed E-state index contributed by atoms with van der Waals surface area (Å²) >= 11 is 5.83. The summed E-state index contributed by atoms with van der Waals surface area (Å²) in [5.41, 5.74) is 3.84. The standard InChI is InChI=1S/C15H16ClN3/c16-15-6-5-12(9-18-15)11-19-8-7-17-10-13-3-1-2-4-14(13)19/h1-6,9,17H,7-8,10-11H2. The van der Waals surface area contributed by atoms with Gasteiger partial charge in [0.25, 0.3) is 0 Å². The van der Waals surface area contributed by atoms with Crippen molar-refractivity contribution in [2.24, 2.45) is 0 Å². The molecule has 0 bridgehead atoms. The van der Waals surface area contributed by atoms with Crippen LogP contribution in [-0.2, 0) is 13.1 Å². The van der Waals surface area contributed by atoms with Crippen molar-refractivity contribution in [2.45, 2.75) is 13.1 Å². The van der Waals surface area contributed by atoms with Crippen molar-refractivity contribution in [3.63, 3.8) is 0 Å². The van der Waals surface area contributed by atoms with Crippen LogP contribution in [0.2, 0.25) is 5.15 Å². The predicted molar refractivity (Wildman–Crippen MR) is 78.4 cm³/mol. The van der Waals surface area contributed by atoms with Gasteiger partial charge in [-0.15, -0.1) is 0 Å². The minimum atomic E-state index is 0.543. The van der Waals surface area contributed by atoms with Gasteiger partial charge in [-0.2, -0.15) is 0 Å². The van der Waals surface area contributed by atoms with E-state index in [1.54, 1.807) is 0 Å². The maximum Gasteiger partial charge on any atom is 0.129 e. The number of fused-ring (bicyclic) bond motifs is 1. The van der Waals surface area contributed by atoms with Gasteiger partial charge in [0.15, 0.2) is 0 Å². The van der Waals surface area contributed by atoms with Crippen LogP contribution in [0.25, 0.3) is 0 Å². The van der Waals surface area contributed by atoms with Crippen molar-refractivity contribution < 1.29 is 0 Å². The molecule has 0 aliphatic carbocycles. The highest BCUT2D eigenvalue weighted by Gasteiger charge is 2.14. The Balaban J connectivity index is 1.86. The molecule has 0 amide bonds. The summed E-state index contributed by atoms with van der Waals surface area (Å²) in [5, 5.41) is 3.99. The van der Waals surface area contributed by atoms with Crippen molar-refractivity contribution in [3.05, 3.63) is 58.9 Å². The average Bonchev–Trinajstić information content (AvgIpc) is 2.64. The van der Waals surface area contributed by atoms with E-state index < -0.39 is 0 Å². The summed E-state index contributed by atoms with van der Waals surface area (Å²) in [5.74, 6) is 0. The number of anilines is 1. The van der Waals surface area contributed by atoms with Crippen LogP contribution in [0, 0.1) is 0 Å². The predicted octanol–water partition coefficient (Wildman–Crippen LogP) is 2.84. The summed E-state index contributed by atoms with van der Waals surface area (Å²) < 4.78 is 0. The number of nitrogens with zero attached hydrogens (tertiary/aromatic N) is 2. The minimum Gasteiger partial charge on any atom is -0.366 e. The van der Waals surface area contributed by atoms with Gasteiger partial charge in [-0.25, -0.2) is 4.98 Å². The van der Waals surface area contributed by atoms with Crippen LogP contribution < -0.4 is 10.2 Å². The summed E-state index contributed by atoms with van der Waals surface area (Å²) in [7, 11) is 0. The molecule has 0 atom stereocenters. The number of rotatable bonds is 2. The Labute approximate surface area is 118 Å². The lowest BCUT2D eigenvalue weighted by Crippen LogP contribution is -2.28. The van der Waals surface area contributed by atoms with E-state index in [1.165, 1.54) is 16.8 Å².